The van der Waals surface area contributed by atoms with E-state index < -0.39 is 0 Å². The number of thioether (sulfide) groups is 1. The fourth-order valence-electron chi connectivity index (χ4n) is 4.92. The van der Waals surface area contributed by atoms with Crippen LogP contribution in [0.3, 0.4) is 0 Å². The molecule has 4 aromatic rings. The third kappa shape index (κ3) is 4.46. The Balaban J connectivity index is 1.48. The molecule has 38 heavy (non-hydrogen) atoms. The number of amidine groups is 1. The van der Waals surface area contributed by atoms with Gasteiger partial charge in [0.25, 0.3) is 0 Å². The van der Waals surface area contributed by atoms with Gasteiger partial charge in [0.15, 0.2) is 5.17 Å². The third-order valence-corrected chi connectivity index (χ3v) is 7.52. The average molecular weight is 515 g/mol. The maximum atomic E-state index is 13.6. The number of carbonyl (C=O) groups excluding carboxylic acids is 1. The molecule has 0 aliphatic carbocycles. The summed E-state index contributed by atoms with van der Waals surface area (Å²) < 4.78 is 5.62. The molecule has 6 rings (SSSR count). The van der Waals surface area contributed by atoms with Crippen molar-refractivity contribution in [2.24, 2.45) is 4.99 Å². The van der Waals surface area contributed by atoms with E-state index in [0.717, 1.165) is 33.1 Å². The lowest BCUT2D eigenvalue weighted by atomic mass is 9.91. The minimum Gasteiger partial charge on any atom is -0.463 e. The number of hydrogen-bond acceptors (Lipinski definition) is 5. The Morgan fingerprint density at radius 2 is 1.32 bits per heavy atom. The minimum absolute atomic E-state index is 0.293. The van der Waals surface area contributed by atoms with Gasteiger partial charge in [-0.3, -0.25) is 0 Å². The SMILES string of the molecule is CCOC(=O)C1=C(c2ccccc2)N=C2SC=C(c3ccc(-c4ccccc4)cc3)N2[C@H]1c1ccccc1. The highest BCUT2D eigenvalue weighted by molar-refractivity contribution is 8.16. The van der Waals surface area contributed by atoms with Gasteiger partial charge in [0, 0.05) is 11.0 Å². The number of aliphatic imine (C=N–C) groups is 1. The monoisotopic (exact) mass is 514 g/mol. The Bertz CT molecular complexity index is 1540. The highest BCUT2D eigenvalue weighted by Crippen LogP contribution is 2.48. The molecule has 1 atom stereocenters. The summed E-state index contributed by atoms with van der Waals surface area (Å²) in [5.41, 5.74) is 7.51. The molecule has 0 N–H and O–H groups in total. The average Bonchev–Trinajstić information content (AvgIpc) is 3.41. The standard InChI is InChI=1S/C33H26N2O2S/c1-2-37-32(36)29-30(26-14-8-4-9-15-26)34-33-35(31(29)27-16-10-5-11-17-27)28(22-38-33)25-20-18-24(19-21-25)23-12-6-3-7-13-23/h3-22,31H,2H2,1H3/t31-/m0/s1. The number of nitrogens with zero attached hydrogens (tertiary/aromatic N) is 2. The highest BCUT2D eigenvalue weighted by Gasteiger charge is 2.42. The van der Waals surface area contributed by atoms with Gasteiger partial charge in [-0.1, -0.05) is 127 Å². The molecule has 186 valence electrons. The molecule has 2 aliphatic rings. The first-order valence-corrected chi connectivity index (χ1v) is 13.5. The molecule has 0 unspecified atom stereocenters. The predicted octanol–water partition coefficient (Wildman–Crippen LogP) is 7.79. The van der Waals surface area contributed by atoms with E-state index in [0.29, 0.717) is 17.9 Å². The minimum atomic E-state index is -0.381. The Kier molecular flexibility index (Phi) is 6.67. The molecule has 0 radical (unpaired) electrons. The third-order valence-electron chi connectivity index (χ3n) is 6.68. The first-order valence-electron chi connectivity index (χ1n) is 12.7. The molecule has 0 spiro atoms. The lowest BCUT2D eigenvalue weighted by Gasteiger charge is -2.37. The van der Waals surface area contributed by atoms with Crippen molar-refractivity contribution in [3.63, 3.8) is 0 Å². The Hall–Kier alpha value is -4.35. The van der Waals surface area contributed by atoms with Crippen LogP contribution in [-0.2, 0) is 9.53 Å². The summed E-state index contributed by atoms with van der Waals surface area (Å²) in [6.45, 7) is 2.13. The molecule has 0 aromatic heterocycles. The Labute approximate surface area is 227 Å². The first-order chi connectivity index (χ1) is 18.7. The highest BCUT2D eigenvalue weighted by atomic mass is 32.2. The summed E-state index contributed by atoms with van der Waals surface area (Å²) >= 11 is 1.58. The smallest absolute Gasteiger partial charge is 0.338 e. The van der Waals surface area contributed by atoms with Crippen LogP contribution in [0, 0.1) is 0 Å². The molecule has 5 heteroatoms. The zero-order valence-corrected chi connectivity index (χ0v) is 21.8. The van der Waals surface area contributed by atoms with Crippen LogP contribution in [0.5, 0.6) is 0 Å². The van der Waals surface area contributed by atoms with Crippen LogP contribution < -0.4 is 0 Å². The van der Waals surface area contributed by atoms with Gasteiger partial charge in [-0.25, -0.2) is 9.79 Å². The Morgan fingerprint density at radius 3 is 1.95 bits per heavy atom. The van der Waals surface area contributed by atoms with Crippen molar-refractivity contribution in [1.82, 2.24) is 4.90 Å². The van der Waals surface area contributed by atoms with Crippen LogP contribution in [0.1, 0.15) is 29.7 Å². The van der Waals surface area contributed by atoms with Gasteiger partial charge in [-0.05, 0) is 29.2 Å². The van der Waals surface area contributed by atoms with E-state index in [4.69, 9.17) is 9.73 Å². The molecule has 4 nitrogen and oxygen atoms in total. The van der Waals surface area contributed by atoms with Gasteiger partial charge >= 0.3 is 5.97 Å². The second-order valence-corrected chi connectivity index (χ2v) is 9.83. The van der Waals surface area contributed by atoms with E-state index in [9.17, 15) is 4.79 Å². The summed E-state index contributed by atoms with van der Waals surface area (Å²) in [4.78, 5) is 20.8. The van der Waals surface area contributed by atoms with E-state index in [1.165, 1.54) is 5.56 Å². The fraction of sp³-hybridized carbons (Fsp3) is 0.0909. The molecular formula is C33H26N2O2S. The van der Waals surface area contributed by atoms with Crippen LogP contribution >= 0.6 is 11.8 Å². The van der Waals surface area contributed by atoms with Crippen molar-refractivity contribution in [1.29, 1.82) is 0 Å². The fourth-order valence-corrected chi connectivity index (χ4v) is 5.85. The summed E-state index contributed by atoms with van der Waals surface area (Å²) in [6, 6.07) is 38.6. The molecule has 2 aliphatic heterocycles. The van der Waals surface area contributed by atoms with E-state index in [-0.39, 0.29) is 12.0 Å². The lowest BCUT2D eigenvalue weighted by Crippen LogP contribution is -2.36. The molecule has 0 fully saturated rings. The first kappa shape index (κ1) is 24.0. The van der Waals surface area contributed by atoms with E-state index in [1.807, 2.05) is 73.7 Å². The maximum absolute atomic E-state index is 13.6. The van der Waals surface area contributed by atoms with Gasteiger partial charge in [-0.2, -0.15) is 0 Å². The van der Waals surface area contributed by atoms with Crippen LogP contribution in [0.2, 0.25) is 0 Å². The van der Waals surface area contributed by atoms with Crippen molar-refractivity contribution < 1.29 is 9.53 Å². The molecule has 0 saturated carbocycles. The quantitative estimate of drug-likeness (QED) is 0.246. The summed E-state index contributed by atoms with van der Waals surface area (Å²) in [5, 5.41) is 2.97. The predicted molar refractivity (Wildman–Crippen MR) is 156 cm³/mol. The van der Waals surface area contributed by atoms with E-state index >= 15 is 0 Å². The van der Waals surface area contributed by atoms with Gasteiger partial charge in [0.2, 0.25) is 0 Å². The number of ether oxygens (including phenoxy) is 1. The van der Waals surface area contributed by atoms with Crippen molar-refractivity contribution in [2.75, 3.05) is 6.61 Å². The van der Waals surface area contributed by atoms with Crippen molar-refractivity contribution in [3.8, 4) is 11.1 Å². The second kappa shape index (κ2) is 10.6. The number of esters is 1. The number of fused-ring (bicyclic) bond motifs is 1. The van der Waals surface area contributed by atoms with Crippen molar-refractivity contribution >= 4 is 34.3 Å². The van der Waals surface area contributed by atoms with Crippen molar-refractivity contribution in [2.45, 2.75) is 13.0 Å². The van der Waals surface area contributed by atoms with Gasteiger partial charge in [-0.15, -0.1) is 0 Å². The molecule has 2 heterocycles. The topological polar surface area (TPSA) is 41.9 Å². The van der Waals surface area contributed by atoms with E-state index in [1.54, 1.807) is 11.8 Å². The summed E-state index contributed by atoms with van der Waals surface area (Å²) in [5.74, 6) is -0.348. The van der Waals surface area contributed by atoms with E-state index in [2.05, 4.69) is 58.8 Å². The lowest BCUT2D eigenvalue weighted by molar-refractivity contribution is -0.139. The van der Waals surface area contributed by atoms with Crippen LogP contribution in [0.15, 0.2) is 131 Å². The summed E-state index contributed by atoms with van der Waals surface area (Å²) in [6.07, 6.45) is 0. The van der Waals surface area contributed by atoms with Crippen LogP contribution in [-0.4, -0.2) is 22.6 Å². The normalized spacial score (nSPS) is 16.6. The molecule has 0 saturated heterocycles. The van der Waals surface area contributed by atoms with Gasteiger partial charge < -0.3 is 9.64 Å². The molecular weight excluding hydrogens is 488 g/mol. The Morgan fingerprint density at radius 1 is 0.763 bits per heavy atom. The number of rotatable bonds is 6. The van der Waals surface area contributed by atoms with Gasteiger partial charge in [0.05, 0.1) is 29.6 Å². The zero-order valence-electron chi connectivity index (χ0n) is 21.0. The van der Waals surface area contributed by atoms with Gasteiger partial charge in [0.1, 0.15) is 0 Å². The van der Waals surface area contributed by atoms with Crippen LogP contribution in [0.25, 0.3) is 22.5 Å². The number of benzene rings is 4. The number of carbonyl (C=O) groups is 1. The van der Waals surface area contributed by atoms with Crippen LogP contribution in [0.4, 0.5) is 0 Å². The maximum Gasteiger partial charge on any atom is 0.338 e. The molecule has 4 aromatic carbocycles. The summed E-state index contributed by atoms with van der Waals surface area (Å²) in [7, 11) is 0. The molecule has 0 amide bonds. The molecule has 0 bridgehead atoms. The second-order valence-electron chi connectivity index (χ2n) is 8.99. The zero-order chi connectivity index (χ0) is 25.9. The number of hydrogen-bond donors (Lipinski definition) is 0. The van der Waals surface area contributed by atoms with Crippen molar-refractivity contribution in [3.05, 3.63) is 143 Å². The largest absolute Gasteiger partial charge is 0.463 e.